The number of carbonyl (C=O) groups excluding carboxylic acids is 3. The van der Waals surface area contributed by atoms with Crippen molar-refractivity contribution < 1.29 is 28.6 Å². The molecule has 6 heterocycles. The van der Waals surface area contributed by atoms with Crippen LogP contribution in [0.25, 0.3) is 0 Å². The van der Waals surface area contributed by atoms with Gasteiger partial charge in [0.05, 0.1) is 23.6 Å². The van der Waals surface area contributed by atoms with Gasteiger partial charge in [0.2, 0.25) is 0 Å². The van der Waals surface area contributed by atoms with Gasteiger partial charge >= 0.3 is 0 Å². The van der Waals surface area contributed by atoms with Crippen LogP contribution in [-0.4, -0.2) is 47.6 Å². The number of pyridine rings is 4. The fraction of sp³-hybridized carbons (Fsp3) is 0.130. The van der Waals surface area contributed by atoms with Crippen molar-refractivity contribution in [2.45, 2.75) is 50.5 Å². The average molecular weight is 1030 g/mol. The first-order valence-electron chi connectivity index (χ1n) is 20.5. The fourth-order valence-electron chi connectivity index (χ4n) is 5.77. The van der Waals surface area contributed by atoms with Crippen molar-refractivity contribution in [3.05, 3.63) is 207 Å². The number of halogens is 1. The Hall–Kier alpha value is -8.38. The molecule has 3 aromatic carbocycles. The third-order valence-electron chi connectivity index (χ3n) is 8.71. The largest absolute Gasteiger partial charge is 0.456 e. The van der Waals surface area contributed by atoms with E-state index in [9.17, 15) is 14.4 Å². The highest BCUT2D eigenvalue weighted by Gasteiger charge is 2.13. The van der Waals surface area contributed by atoms with Crippen molar-refractivity contribution in [3.8, 4) is 34.5 Å². The van der Waals surface area contributed by atoms with Gasteiger partial charge in [0.15, 0.2) is 5.01 Å². The Kier molecular flexibility index (Phi) is 23.3. The Morgan fingerprint density at radius 1 is 0.458 bits per heavy atom. The van der Waals surface area contributed by atoms with E-state index in [1.165, 1.54) is 22.7 Å². The van der Waals surface area contributed by atoms with E-state index in [4.69, 9.17) is 25.8 Å². The molecule has 0 saturated carbocycles. The summed E-state index contributed by atoms with van der Waals surface area (Å²) >= 11 is 8.87. The second-order valence-corrected chi connectivity index (χ2v) is 16.5. The Morgan fingerprint density at radius 2 is 0.944 bits per heavy atom. The maximum atomic E-state index is 12.3. The summed E-state index contributed by atoms with van der Waals surface area (Å²) in [5, 5.41) is 13.7. The molecular formula is C54H56ClN9O6S2. The highest BCUT2D eigenvalue weighted by Crippen LogP contribution is 2.29. The smallest absolute Gasteiger partial charge is 0.284 e. The first-order valence-corrected chi connectivity index (χ1v) is 22.6. The summed E-state index contributed by atoms with van der Waals surface area (Å²) in [6.45, 7) is 5.55. The zero-order chi connectivity index (χ0) is 47.7. The van der Waals surface area contributed by atoms with E-state index in [1.807, 2.05) is 68.6 Å². The molecular weight excluding hydrogens is 970 g/mol. The molecule has 0 aliphatic heterocycles. The lowest BCUT2D eigenvalue weighted by Crippen LogP contribution is -2.14. The summed E-state index contributed by atoms with van der Waals surface area (Å²) in [6.07, 6.45) is 9.87. The molecule has 72 heavy (non-hydrogen) atoms. The van der Waals surface area contributed by atoms with Crippen LogP contribution in [0.2, 0.25) is 5.02 Å². The molecule has 3 N–H and O–H groups in total. The van der Waals surface area contributed by atoms with Gasteiger partial charge in [-0.05, 0) is 106 Å². The van der Waals surface area contributed by atoms with E-state index in [0.717, 1.165) is 16.4 Å². The monoisotopic (exact) mass is 1030 g/mol. The molecule has 15 nitrogen and oxygen atoms in total. The SMILES string of the molecule is C.C.C.C.Cc1cccc(C(=O)Nc2cc(Cl)cc(Oc3cccnc3)c2)n1.Cc1csc(C(=O)Nc2cccc(Oc3cccnc3)c2)n1.Cc1nc(C(=O)Nc2cccc(Oc3cccnc3)c2)cs1. The number of hydrogen-bond donors (Lipinski definition) is 3. The fourth-order valence-corrected chi connectivity index (χ4v) is 7.28. The van der Waals surface area contributed by atoms with Crippen molar-refractivity contribution in [1.29, 1.82) is 0 Å². The maximum Gasteiger partial charge on any atom is 0.284 e. The quantitative estimate of drug-likeness (QED) is 0.105. The van der Waals surface area contributed by atoms with Crippen LogP contribution in [0.1, 0.15) is 76.9 Å². The molecule has 3 amide bonds. The zero-order valence-corrected chi connectivity index (χ0v) is 38.9. The number of rotatable bonds is 12. The standard InChI is InChI=1S/C18H14ClN3O2.2C16H13N3O2S.4CH4/c1-12-4-2-6-17(21-12)18(23)22-14-8-13(19)9-16(10-14)24-15-5-3-7-20-11-15;1-11-18-15(10-22-11)16(20)19-12-4-2-5-13(8-12)21-14-6-3-7-17-9-14;1-11-10-22-16(18-11)15(20)19-12-4-2-5-13(8-12)21-14-6-3-7-17-9-14;;;;/h2-11H,1H3,(H,22,23);2*2-10H,1H3,(H,19,20);4*1H4. The predicted molar refractivity (Wildman–Crippen MR) is 291 cm³/mol. The molecule has 0 aliphatic rings. The minimum Gasteiger partial charge on any atom is -0.456 e. The summed E-state index contributed by atoms with van der Waals surface area (Å²) in [7, 11) is 0. The van der Waals surface area contributed by atoms with Gasteiger partial charge < -0.3 is 30.2 Å². The molecule has 9 rings (SSSR count). The van der Waals surface area contributed by atoms with Crippen LogP contribution in [0.3, 0.4) is 0 Å². The molecule has 0 saturated heterocycles. The normalized spacial score (nSPS) is 9.67. The second kappa shape index (κ2) is 29.0. The number of aryl methyl sites for hydroxylation is 3. The van der Waals surface area contributed by atoms with Gasteiger partial charge in [0.1, 0.15) is 45.9 Å². The van der Waals surface area contributed by atoms with Crippen molar-refractivity contribution in [2.75, 3.05) is 16.0 Å². The van der Waals surface area contributed by atoms with Crippen LogP contribution >= 0.6 is 34.3 Å². The molecule has 0 spiro atoms. The summed E-state index contributed by atoms with van der Waals surface area (Å²) in [5.41, 5.74) is 4.19. The highest BCUT2D eigenvalue weighted by atomic mass is 35.5. The number of thiazole rings is 2. The number of ether oxygens (including phenoxy) is 3. The van der Waals surface area contributed by atoms with Gasteiger partial charge in [-0.25, -0.2) is 15.0 Å². The van der Waals surface area contributed by atoms with Crippen LogP contribution in [0.4, 0.5) is 17.1 Å². The van der Waals surface area contributed by atoms with Gasteiger partial charge in [0.25, 0.3) is 17.7 Å². The van der Waals surface area contributed by atoms with E-state index >= 15 is 0 Å². The predicted octanol–water partition coefficient (Wildman–Crippen LogP) is 14.8. The van der Waals surface area contributed by atoms with E-state index in [2.05, 4.69) is 45.9 Å². The topological polar surface area (TPSA) is 192 Å². The molecule has 0 aliphatic carbocycles. The van der Waals surface area contributed by atoms with Crippen LogP contribution in [0, 0.1) is 20.8 Å². The lowest BCUT2D eigenvalue weighted by atomic mass is 10.2. The molecule has 0 radical (unpaired) electrons. The number of aromatic nitrogens is 6. The Balaban J connectivity index is 0.000000278. The molecule has 372 valence electrons. The van der Waals surface area contributed by atoms with Crippen molar-refractivity contribution in [1.82, 2.24) is 29.9 Å². The second-order valence-electron chi connectivity index (χ2n) is 14.2. The number of hydrogen-bond acceptors (Lipinski definition) is 14. The van der Waals surface area contributed by atoms with E-state index in [0.29, 0.717) is 73.0 Å². The summed E-state index contributed by atoms with van der Waals surface area (Å²) in [6, 6.07) is 35.4. The van der Waals surface area contributed by atoms with Crippen molar-refractivity contribution >= 4 is 69.1 Å². The van der Waals surface area contributed by atoms with Crippen LogP contribution in [0.15, 0.2) is 169 Å². The number of nitrogens with one attached hydrogen (secondary N) is 3. The number of anilines is 3. The first kappa shape index (κ1) is 57.9. The zero-order valence-electron chi connectivity index (χ0n) is 36.5. The van der Waals surface area contributed by atoms with Gasteiger partial charge in [-0.3, -0.25) is 29.3 Å². The lowest BCUT2D eigenvalue weighted by Gasteiger charge is -2.10. The molecule has 0 atom stereocenters. The highest BCUT2D eigenvalue weighted by molar-refractivity contribution is 7.11. The van der Waals surface area contributed by atoms with Crippen LogP contribution in [0.5, 0.6) is 34.5 Å². The third-order valence-corrected chi connectivity index (χ3v) is 10.7. The van der Waals surface area contributed by atoms with Gasteiger partial charge in [-0.15, -0.1) is 22.7 Å². The Labute approximate surface area is 433 Å². The minimum absolute atomic E-state index is 0. The van der Waals surface area contributed by atoms with Crippen molar-refractivity contribution in [2.24, 2.45) is 0 Å². The van der Waals surface area contributed by atoms with Gasteiger partial charge in [-0.2, -0.15) is 0 Å². The summed E-state index contributed by atoms with van der Waals surface area (Å²) in [5.74, 6) is 2.84. The number of amides is 3. The molecule has 6 aromatic heterocycles. The summed E-state index contributed by atoms with van der Waals surface area (Å²) in [4.78, 5) is 60.9. The van der Waals surface area contributed by atoms with E-state index in [-0.39, 0.29) is 47.4 Å². The molecule has 0 fully saturated rings. The van der Waals surface area contributed by atoms with Gasteiger partial charge in [-0.1, -0.05) is 59.5 Å². The maximum absolute atomic E-state index is 12.3. The number of nitrogens with zero attached hydrogens (tertiary/aromatic N) is 6. The van der Waals surface area contributed by atoms with E-state index in [1.54, 1.807) is 121 Å². The lowest BCUT2D eigenvalue weighted by molar-refractivity contribution is 0.101. The number of carbonyl (C=O) groups is 3. The summed E-state index contributed by atoms with van der Waals surface area (Å²) < 4.78 is 17.1. The number of benzene rings is 3. The average Bonchev–Trinajstić information content (AvgIpc) is 3.99. The van der Waals surface area contributed by atoms with Crippen molar-refractivity contribution in [3.63, 3.8) is 0 Å². The Bertz CT molecular complexity index is 2970. The molecule has 0 unspecified atom stereocenters. The molecule has 18 heteroatoms. The minimum atomic E-state index is -0.312. The van der Waals surface area contributed by atoms with E-state index < -0.39 is 0 Å². The van der Waals surface area contributed by atoms with Crippen LogP contribution in [-0.2, 0) is 0 Å². The van der Waals surface area contributed by atoms with Crippen LogP contribution < -0.4 is 30.2 Å². The first-order chi connectivity index (χ1) is 33.0. The molecule has 0 bridgehead atoms. The van der Waals surface area contributed by atoms with Gasteiger partial charge in [0, 0.05) is 81.0 Å². The Morgan fingerprint density at radius 3 is 1.43 bits per heavy atom. The molecule has 9 aromatic rings. The third kappa shape index (κ3) is 18.2.